The molecule has 1 aliphatic rings. The van der Waals surface area contributed by atoms with Gasteiger partial charge in [-0.2, -0.15) is 0 Å². The lowest BCUT2D eigenvalue weighted by atomic mass is 9.90. The number of benzene rings is 3. The van der Waals surface area contributed by atoms with Gasteiger partial charge in [0, 0.05) is 24.2 Å². The molecular formula is C29H33NO3. The average Bonchev–Trinajstić information content (AvgIpc) is 2.85. The standard InChI is InChI=1S/C29H33NO3/c1-3-32-28-14-11-25(20-26(28)21-33-27-12-9-22(2)10-13-27)29(31)30-17-15-24(16-18-30)19-23-7-5-4-6-8-23/h4-14,20,24H,3,15-19,21H2,1-2H3. The molecule has 4 rings (SSSR count). The van der Waals surface area contributed by atoms with Crippen molar-refractivity contribution in [1.82, 2.24) is 4.90 Å². The molecule has 0 bridgehead atoms. The Morgan fingerprint density at radius 3 is 2.36 bits per heavy atom. The summed E-state index contributed by atoms with van der Waals surface area (Å²) < 4.78 is 11.8. The van der Waals surface area contributed by atoms with E-state index in [1.165, 1.54) is 11.1 Å². The van der Waals surface area contributed by atoms with Crippen LogP contribution in [0, 0.1) is 12.8 Å². The summed E-state index contributed by atoms with van der Waals surface area (Å²) in [6, 6.07) is 24.3. The molecule has 0 N–H and O–H groups in total. The lowest BCUT2D eigenvalue weighted by Gasteiger charge is -2.32. The minimum Gasteiger partial charge on any atom is -0.493 e. The van der Waals surface area contributed by atoms with Gasteiger partial charge in [0.2, 0.25) is 0 Å². The van der Waals surface area contributed by atoms with Crippen LogP contribution >= 0.6 is 0 Å². The van der Waals surface area contributed by atoms with Crippen LogP contribution in [0.25, 0.3) is 0 Å². The highest BCUT2D eigenvalue weighted by atomic mass is 16.5. The van der Waals surface area contributed by atoms with E-state index >= 15 is 0 Å². The smallest absolute Gasteiger partial charge is 0.253 e. The van der Waals surface area contributed by atoms with Crippen molar-refractivity contribution in [2.45, 2.75) is 39.7 Å². The zero-order valence-electron chi connectivity index (χ0n) is 19.6. The van der Waals surface area contributed by atoms with E-state index in [1.807, 2.05) is 54.3 Å². The molecule has 1 amide bonds. The van der Waals surface area contributed by atoms with E-state index in [-0.39, 0.29) is 5.91 Å². The molecule has 33 heavy (non-hydrogen) atoms. The first kappa shape index (κ1) is 22.9. The molecule has 0 saturated carbocycles. The van der Waals surface area contributed by atoms with E-state index in [4.69, 9.17) is 9.47 Å². The molecule has 0 radical (unpaired) electrons. The molecule has 4 nitrogen and oxygen atoms in total. The second-order valence-electron chi connectivity index (χ2n) is 8.78. The molecule has 0 spiro atoms. The zero-order valence-corrected chi connectivity index (χ0v) is 19.6. The van der Waals surface area contributed by atoms with Gasteiger partial charge in [0.05, 0.1) is 6.61 Å². The number of carbonyl (C=O) groups excluding carboxylic acids is 1. The van der Waals surface area contributed by atoms with Crippen molar-refractivity contribution in [2.75, 3.05) is 19.7 Å². The van der Waals surface area contributed by atoms with Crippen molar-refractivity contribution in [3.63, 3.8) is 0 Å². The van der Waals surface area contributed by atoms with Crippen LogP contribution in [0.2, 0.25) is 0 Å². The fraction of sp³-hybridized carbons (Fsp3) is 0.345. The maximum absolute atomic E-state index is 13.2. The number of amides is 1. The fourth-order valence-corrected chi connectivity index (χ4v) is 4.39. The first-order valence-electron chi connectivity index (χ1n) is 11.9. The van der Waals surface area contributed by atoms with Gasteiger partial charge in [0.15, 0.2) is 0 Å². The minimum atomic E-state index is 0.0906. The summed E-state index contributed by atoms with van der Waals surface area (Å²) in [5, 5.41) is 0. The Kier molecular flexibility index (Phi) is 7.66. The van der Waals surface area contributed by atoms with Gasteiger partial charge < -0.3 is 14.4 Å². The van der Waals surface area contributed by atoms with E-state index in [0.717, 1.165) is 49.4 Å². The first-order chi connectivity index (χ1) is 16.1. The van der Waals surface area contributed by atoms with Crippen LogP contribution in [-0.2, 0) is 13.0 Å². The maximum atomic E-state index is 13.2. The summed E-state index contributed by atoms with van der Waals surface area (Å²) in [7, 11) is 0. The van der Waals surface area contributed by atoms with Crippen molar-refractivity contribution < 1.29 is 14.3 Å². The monoisotopic (exact) mass is 443 g/mol. The quantitative estimate of drug-likeness (QED) is 0.424. The first-order valence-corrected chi connectivity index (χ1v) is 11.9. The molecule has 3 aromatic rings. The SMILES string of the molecule is CCOc1ccc(C(=O)N2CCC(Cc3ccccc3)CC2)cc1COc1ccc(C)cc1. The Balaban J connectivity index is 1.39. The number of piperidine rings is 1. The third-order valence-electron chi connectivity index (χ3n) is 6.29. The van der Waals surface area contributed by atoms with Gasteiger partial charge in [-0.25, -0.2) is 0 Å². The Labute approximate surface area is 197 Å². The summed E-state index contributed by atoms with van der Waals surface area (Å²) >= 11 is 0. The number of hydrogen-bond acceptors (Lipinski definition) is 3. The largest absolute Gasteiger partial charge is 0.493 e. The number of carbonyl (C=O) groups is 1. The highest BCUT2D eigenvalue weighted by Gasteiger charge is 2.24. The third kappa shape index (κ3) is 6.16. The topological polar surface area (TPSA) is 38.8 Å². The Hall–Kier alpha value is -3.27. The molecule has 3 aromatic carbocycles. The Morgan fingerprint density at radius 1 is 0.939 bits per heavy atom. The predicted octanol–water partition coefficient (Wildman–Crippen LogP) is 6.07. The molecule has 4 heteroatoms. The van der Waals surface area contributed by atoms with E-state index in [2.05, 4.69) is 37.3 Å². The highest BCUT2D eigenvalue weighted by molar-refractivity contribution is 5.94. The van der Waals surface area contributed by atoms with Crippen molar-refractivity contribution >= 4 is 5.91 Å². The Bertz CT molecular complexity index is 1040. The van der Waals surface area contributed by atoms with Gasteiger partial charge in [-0.3, -0.25) is 4.79 Å². The number of rotatable bonds is 8. The molecule has 0 aromatic heterocycles. The van der Waals surface area contributed by atoms with Gasteiger partial charge in [-0.1, -0.05) is 48.0 Å². The van der Waals surface area contributed by atoms with Gasteiger partial charge in [0.1, 0.15) is 18.1 Å². The minimum absolute atomic E-state index is 0.0906. The van der Waals surface area contributed by atoms with Crippen LogP contribution in [0.15, 0.2) is 72.8 Å². The van der Waals surface area contributed by atoms with E-state index < -0.39 is 0 Å². The molecule has 1 aliphatic heterocycles. The lowest BCUT2D eigenvalue weighted by molar-refractivity contribution is 0.0690. The van der Waals surface area contributed by atoms with Crippen LogP contribution in [-0.4, -0.2) is 30.5 Å². The predicted molar refractivity (Wildman–Crippen MR) is 132 cm³/mol. The molecule has 0 atom stereocenters. The number of likely N-dealkylation sites (tertiary alicyclic amines) is 1. The second-order valence-corrected chi connectivity index (χ2v) is 8.78. The molecule has 1 heterocycles. The number of hydrogen-bond donors (Lipinski definition) is 0. The normalized spacial score (nSPS) is 14.2. The van der Waals surface area contributed by atoms with E-state index in [0.29, 0.717) is 24.7 Å². The fourth-order valence-electron chi connectivity index (χ4n) is 4.39. The average molecular weight is 444 g/mol. The lowest BCUT2D eigenvalue weighted by Crippen LogP contribution is -2.39. The molecule has 172 valence electrons. The summed E-state index contributed by atoms with van der Waals surface area (Å²) in [5.41, 5.74) is 4.16. The van der Waals surface area contributed by atoms with Crippen LogP contribution in [0.3, 0.4) is 0 Å². The molecule has 1 saturated heterocycles. The van der Waals surface area contributed by atoms with Crippen molar-refractivity contribution in [1.29, 1.82) is 0 Å². The molecule has 0 unspecified atom stereocenters. The van der Waals surface area contributed by atoms with Crippen molar-refractivity contribution in [2.24, 2.45) is 5.92 Å². The summed E-state index contributed by atoms with van der Waals surface area (Å²) in [5.74, 6) is 2.30. The zero-order chi connectivity index (χ0) is 23.0. The van der Waals surface area contributed by atoms with Gasteiger partial charge in [-0.15, -0.1) is 0 Å². The molecule has 1 fully saturated rings. The number of nitrogens with zero attached hydrogens (tertiary/aromatic N) is 1. The van der Waals surface area contributed by atoms with Crippen LogP contribution in [0.1, 0.15) is 46.8 Å². The van der Waals surface area contributed by atoms with Gasteiger partial charge in [-0.05, 0) is 74.9 Å². The maximum Gasteiger partial charge on any atom is 0.253 e. The van der Waals surface area contributed by atoms with Crippen molar-refractivity contribution in [3.8, 4) is 11.5 Å². The van der Waals surface area contributed by atoms with Crippen LogP contribution in [0.4, 0.5) is 0 Å². The summed E-state index contributed by atoms with van der Waals surface area (Å²) in [6.45, 7) is 6.55. The van der Waals surface area contributed by atoms with Crippen molar-refractivity contribution in [3.05, 3.63) is 95.1 Å². The summed E-state index contributed by atoms with van der Waals surface area (Å²) in [4.78, 5) is 15.2. The molecular weight excluding hydrogens is 410 g/mol. The third-order valence-corrected chi connectivity index (χ3v) is 6.29. The number of aryl methyl sites for hydroxylation is 1. The number of ether oxygens (including phenoxy) is 2. The van der Waals surface area contributed by atoms with E-state index in [9.17, 15) is 4.79 Å². The molecule has 0 aliphatic carbocycles. The van der Waals surface area contributed by atoms with Crippen LogP contribution in [0.5, 0.6) is 11.5 Å². The second kappa shape index (κ2) is 11.0. The summed E-state index contributed by atoms with van der Waals surface area (Å²) in [6.07, 6.45) is 3.18. The Morgan fingerprint density at radius 2 is 1.67 bits per heavy atom. The van der Waals surface area contributed by atoms with Crippen LogP contribution < -0.4 is 9.47 Å². The van der Waals surface area contributed by atoms with Gasteiger partial charge in [0.25, 0.3) is 5.91 Å². The highest BCUT2D eigenvalue weighted by Crippen LogP contribution is 2.26. The van der Waals surface area contributed by atoms with E-state index in [1.54, 1.807) is 0 Å². The van der Waals surface area contributed by atoms with Gasteiger partial charge >= 0.3 is 0 Å².